The van der Waals surface area contributed by atoms with E-state index in [4.69, 9.17) is 21.3 Å². The van der Waals surface area contributed by atoms with Gasteiger partial charge in [-0.2, -0.15) is 0 Å². The highest BCUT2D eigenvalue weighted by Gasteiger charge is 2.09. The van der Waals surface area contributed by atoms with Crippen LogP contribution in [0.25, 0.3) is 11.3 Å². The fourth-order valence-corrected chi connectivity index (χ4v) is 4.25. The van der Waals surface area contributed by atoms with Crippen molar-refractivity contribution in [3.8, 4) is 17.0 Å². The third kappa shape index (κ3) is 4.84. The molecule has 4 rings (SSSR count). The van der Waals surface area contributed by atoms with Gasteiger partial charge in [-0.25, -0.2) is 4.99 Å². The zero-order valence-corrected chi connectivity index (χ0v) is 18.6. The average molecular weight is 435 g/mol. The highest BCUT2D eigenvalue weighted by Crippen LogP contribution is 2.24. The van der Waals surface area contributed by atoms with E-state index in [1.165, 1.54) is 11.1 Å². The predicted octanol–water partition coefficient (Wildman–Crippen LogP) is 6.86. The van der Waals surface area contributed by atoms with Gasteiger partial charge in [0.1, 0.15) is 5.75 Å². The van der Waals surface area contributed by atoms with Gasteiger partial charge < -0.3 is 9.30 Å². The number of hydrogen-bond acceptors (Lipinski definition) is 3. The van der Waals surface area contributed by atoms with Crippen LogP contribution in [0.3, 0.4) is 0 Å². The quantitative estimate of drug-likeness (QED) is 0.325. The van der Waals surface area contributed by atoms with Crippen molar-refractivity contribution in [3.05, 3.63) is 99.1 Å². The third-order valence-corrected chi connectivity index (χ3v) is 5.89. The minimum Gasteiger partial charge on any atom is -0.494 e. The number of nitrogens with zero attached hydrogens (tertiary/aromatic N) is 2. The SMILES string of the molecule is CCOc1ccc(N=c2scc(-c3ccc(Cl)cc3)n2Cc2ccc(C)cc2)cc1. The Morgan fingerprint density at radius 2 is 1.63 bits per heavy atom. The minimum absolute atomic E-state index is 0.655. The number of ether oxygens (including phenoxy) is 1. The van der Waals surface area contributed by atoms with E-state index in [1.807, 2.05) is 43.3 Å². The molecule has 0 bridgehead atoms. The zero-order valence-electron chi connectivity index (χ0n) is 17.0. The van der Waals surface area contributed by atoms with Crippen LogP contribution in [-0.2, 0) is 6.54 Å². The molecule has 0 atom stereocenters. The van der Waals surface area contributed by atoms with Gasteiger partial charge >= 0.3 is 0 Å². The van der Waals surface area contributed by atoms with Crippen molar-refractivity contribution in [2.24, 2.45) is 4.99 Å². The van der Waals surface area contributed by atoms with Gasteiger partial charge in [0.15, 0.2) is 4.80 Å². The summed E-state index contributed by atoms with van der Waals surface area (Å²) in [6.07, 6.45) is 0. The normalized spacial score (nSPS) is 11.6. The zero-order chi connectivity index (χ0) is 20.9. The summed E-state index contributed by atoms with van der Waals surface area (Å²) in [6.45, 7) is 5.49. The molecule has 3 aromatic carbocycles. The van der Waals surface area contributed by atoms with E-state index < -0.39 is 0 Å². The van der Waals surface area contributed by atoms with Crippen molar-refractivity contribution in [3.63, 3.8) is 0 Å². The van der Waals surface area contributed by atoms with E-state index in [0.717, 1.165) is 39.1 Å². The number of aromatic nitrogens is 1. The maximum Gasteiger partial charge on any atom is 0.190 e. The monoisotopic (exact) mass is 434 g/mol. The van der Waals surface area contributed by atoms with Gasteiger partial charge in [-0.05, 0) is 61.4 Å². The third-order valence-electron chi connectivity index (χ3n) is 4.77. The van der Waals surface area contributed by atoms with Crippen LogP contribution in [-0.4, -0.2) is 11.2 Å². The number of thiazole rings is 1. The van der Waals surface area contributed by atoms with Crippen LogP contribution in [0.2, 0.25) is 5.02 Å². The number of hydrogen-bond donors (Lipinski definition) is 0. The Hall–Kier alpha value is -2.82. The molecule has 1 aromatic heterocycles. The van der Waals surface area contributed by atoms with Crippen LogP contribution in [0.5, 0.6) is 5.75 Å². The maximum absolute atomic E-state index is 6.10. The van der Waals surface area contributed by atoms with Crippen LogP contribution in [0.4, 0.5) is 5.69 Å². The van der Waals surface area contributed by atoms with Crippen LogP contribution in [0.15, 0.2) is 83.2 Å². The molecule has 0 saturated carbocycles. The lowest BCUT2D eigenvalue weighted by Crippen LogP contribution is -2.16. The summed E-state index contributed by atoms with van der Waals surface area (Å²) in [5.74, 6) is 0.858. The molecule has 0 aliphatic heterocycles. The Morgan fingerprint density at radius 1 is 0.933 bits per heavy atom. The number of rotatable bonds is 6. The second kappa shape index (κ2) is 9.33. The largest absolute Gasteiger partial charge is 0.494 e. The molecular weight excluding hydrogens is 412 g/mol. The summed E-state index contributed by atoms with van der Waals surface area (Å²) in [5, 5.41) is 2.89. The first-order valence-corrected chi connectivity index (χ1v) is 11.2. The Morgan fingerprint density at radius 3 is 2.30 bits per heavy atom. The van der Waals surface area contributed by atoms with Crippen LogP contribution in [0, 0.1) is 6.92 Å². The highest BCUT2D eigenvalue weighted by molar-refractivity contribution is 7.07. The molecular formula is C25H23ClN2OS. The summed E-state index contributed by atoms with van der Waals surface area (Å²) < 4.78 is 7.80. The molecule has 1 heterocycles. The van der Waals surface area contributed by atoms with Crippen molar-refractivity contribution >= 4 is 28.6 Å². The lowest BCUT2D eigenvalue weighted by atomic mass is 10.1. The minimum atomic E-state index is 0.655. The second-order valence-corrected chi connectivity index (χ2v) is 8.29. The van der Waals surface area contributed by atoms with Gasteiger partial charge in [0.2, 0.25) is 0 Å². The smallest absolute Gasteiger partial charge is 0.190 e. The molecule has 5 heteroatoms. The molecule has 0 N–H and O–H groups in total. The van der Waals surface area contributed by atoms with Crippen LogP contribution >= 0.6 is 22.9 Å². The summed E-state index contributed by atoms with van der Waals surface area (Å²) in [7, 11) is 0. The summed E-state index contributed by atoms with van der Waals surface area (Å²) in [6, 6.07) is 24.5. The highest BCUT2D eigenvalue weighted by atomic mass is 35.5. The van der Waals surface area contributed by atoms with E-state index >= 15 is 0 Å². The van der Waals surface area contributed by atoms with Crippen LogP contribution in [0.1, 0.15) is 18.1 Å². The lowest BCUT2D eigenvalue weighted by Gasteiger charge is -2.10. The molecule has 152 valence electrons. The van der Waals surface area contributed by atoms with E-state index in [9.17, 15) is 0 Å². The molecule has 0 radical (unpaired) electrons. The summed E-state index contributed by atoms with van der Waals surface area (Å²) in [4.78, 5) is 5.87. The van der Waals surface area contributed by atoms with Gasteiger partial charge in [-0.3, -0.25) is 0 Å². The fourth-order valence-electron chi connectivity index (χ4n) is 3.19. The molecule has 3 nitrogen and oxygen atoms in total. The molecule has 0 saturated heterocycles. The average Bonchev–Trinajstić information content (AvgIpc) is 3.14. The summed E-state index contributed by atoms with van der Waals surface area (Å²) >= 11 is 7.74. The first-order valence-electron chi connectivity index (χ1n) is 9.90. The van der Waals surface area contributed by atoms with Gasteiger partial charge in [-0.15, -0.1) is 11.3 Å². The maximum atomic E-state index is 6.10. The first kappa shape index (κ1) is 20.5. The van der Waals surface area contributed by atoms with Gasteiger partial charge in [0, 0.05) is 10.4 Å². The van der Waals surface area contributed by atoms with Crippen molar-refractivity contribution in [2.45, 2.75) is 20.4 Å². The fraction of sp³-hybridized carbons (Fsp3) is 0.160. The van der Waals surface area contributed by atoms with Crippen molar-refractivity contribution in [1.82, 2.24) is 4.57 Å². The van der Waals surface area contributed by atoms with E-state index in [0.29, 0.717) is 6.61 Å². The van der Waals surface area contributed by atoms with Crippen molar-refractivity contribution in [2.75, 3.05) is 6.61 Å². The molecule has 4 aromatic rings. The van der Waals surface area contributed by atoms with E-state index in [-0.39, 0.29) is 0 Å². The standard InChI is InChI=1S/C25H23ClN2OS/c1-3-29-23-14-12-22(13-15-23)27-25-28(16-19-6-4-18(2)5-7-19)24(17-30-25)20-8-10-21(26)11-9-20/h4-15,17H,3,16H2,1-2H3. The topological polar surface area (TPSA) is 26.5 Å². The summed E-state index contributed by atoms with van der Waals surface area (Å²) in [5.41, 5.74) is 5.65. The Kier molecular flexibility index (Phi) is 6.36. The van der Waals surface area contributed by atoms with Gasteiger partial charge in [0.05, 0.1) is 24.5 Å². The molecule has 0 unspecified atom stereocenters. The Labute approximate surface area is 185 Å². The molecule has 0 amide bonds. The van der Waals surface area contributed by atoms with Crippen molar-refractivity contribution in [1.29, 1.82) is 0 Å². The lowest BCUT2D eigenvalue weighted by molar-refractivity contribution is 0.340. The van der Waals surface area contributed by atoms with Crippen LogP contribution < -0.4 is 9.54 Å². The van der Waals surface area contributed by atoms with Gasteiger partial charge in [-0.1, -0.05) is 53.6 Å². The molecule has 30 heavy (non-hydrogen) atoms. The Bertz CT molecular complexity index is 1170. The second-order valence-electron chi connectivity index (χ2n) is 7.02. The Balaban J connectivity index is 1.77. The first-order chi connectivity index (χ1) is 14.6. The number of halogens is 1. The van der Waals surface area contributed by atoms with E-state index in [2.05, 4.69) is 53.3 Å². The predicted molar refractivity (Wildman–Crippen MR) is 126 cm³/mol. The van der Waals surface area contributed by atoms with Crippen molar-refractivity contribution < 1.29 is 4.74 Å². The molecule has 0 aliphatic rings. The molecule has 0 fully saturated rings. The number of aryl methyl sites for hydroxylation is 1. The molecule has 0 spiro atoms. The molecule has 0 aliphatic carbocycles. The van der Waals surface area contributed by atoms with Gasteiger partial charge in [0.25, 0.3) is 0 Å². The number of benzene rings is 3. The van der Waals surface area contributed by atoms with E-state index in [1.54, 1.807) is 11.3 Å².